The Morgan fingerprint density at radius 1 is 1.48 bits per heavy atom. The molecular weight excluding hydrogens is 264 g/mol. The van der Waals surface area contributed by atoms with Crippen LogP contribution in [0.25, 0.3) is 0 Å². The highest BCUT2D eigenvalue weighted by molar-refractivity contribution is 5.86. The number of aromatic nitrogens is 1. The second-order valence-electron chi connectivity index (χ2n) is 5.52. The predicted octanol–water partition coefficient (Wildman–Crippen LogP) is 1.86. The molecule has 0 radical (unpaired) electrons. The van der Waals surface area contributed by atoms with E-state index in [1.54, 1.807) is 0 Å². The Bertz CT molecular complexity index is 460. The van der Waals surface area contributed by atoms with E-state index in [1.165, 1.54) is 0 Å². The van der Waals surface area contributed by atoms with Gasteiger partial charge in [0.05, 0.1) is 17.6 Å². The van der Waals surface area contributed by atoms with Gasteiger partial charge in [-0.05, 0) is 38.4 Å². The second-order valence-corrected chi connectivity index (χ2v) is 5.52. The number of nitrogens with zero attached hydrogens (tertiary/aromatic N) is 2. The monoisotopic (exact) mass is 290 g/mol. The van der Waals surface area contributed by atoms with Crippen LogP contribution in [0.5, 0.6) is 0 Å². The van der Waals surface area contributed by atoms with Gasteiger partial charge in [-0.15, -0.1) is 0 Å². The molecule has 2 unspecified atom stereocenters. The summed E-state index contributed by atoms with van der Waals surface area (Å²) in [5.41, 5.74) is 2.09. The van der Waals surface area contributed by atoms with E-state index in [-0.39, 0.29) is 11.9 Å². The zero-order valence-electron chi connectivity index (χ0n) is 13.2. The summed E-state index contributed by atoms with van der Waals surface area (Å²) in [6.07, 6.45) is 4.03. The van der Waals surface area contributed by atoms with Crippen molar-refractivity contribution >= 4 is 11.6 Å². The van der Waals surface area contributed by atoms with Crippen molar-refractivity contribution in [3.05, 3.63) is 24.0 Å². The Balaban J connectivity index is 2.08. The Kier molecular flexibility index (Phi) is 5.56. The van der Waals surface area contributed by atoms with Crippen LogP contribution >= 0.6 is 0 Å². The first-order chi connectivity index (χ1) is 10.2. The van der Waals surface area contributed by atoms with Crippen LogP contribution in [0.1, 0.15) is 45.3 Å². The van der Waals surface area contributed by atoms with Crippen molar-refractivity contribution in [2.24, 2.45) is 0 Å². The molecule has 0 aliphatic carbocycles. The van der Waals surface area contributed by atoms with Gasteiger partial charge in [0.25, 0.3) is 0 Å². The van der Waals surface area contributed by atoms with Crippen LogP contribution in [-0.2, 0) is 4.79 Å². The molecule has 5 heteroatoms. The van der Waals surface area contributed by atoms with Crippen LogP contribution in [-0.4, -0.2) is 36.6 Å². The zero-order chi connectivity index (χ0) is 15.2. The average Bonchev–Trinajstić information content (AvgIpc) is 2.51. The summed E-state index contributed by atoms with van der Waals surface area (Å²) in [6, 6.07) is 4.33. The van der Waals surface area contributed by atoms with E-state index in [0.717, 1.165) is 37.3 Å². The molecule has 1 aliphatic rings. The number of anilines is 1. The quantitative estimate of drug-likeness (QED) is 0.839. The minimum Gasteiger partial charge on any atom is -0.357 e. The number of rotatable bonds is 6. The molecule has 1 saturated heterocycles. The molecule has 2 N–H and O–H groups in total. The molecule has 0 bridgehead atoms. The third kappa shape index (κ3) is 3.73. The number of carbonyl (C=O) groups excluding carboxylic acids is 1. The lowest BCUT2D eigenvalue weighted by atomic mass is 10.1. The number of piperazine rings is 1. The van der Waals surface area contributed by atoms with Crippen molar-refractivity contribution in [2.75, 3.05) is 24.5 Å². The fraction of sp³-hybridized carbons (Fsp3) is 0.625. The van der Waals surface area contributed by atoms with Gasteiger partial charge in [-0.2, -0.15) is 0 Å². The number of carbonyl (C=O) groups is 1. The summed E-state index contributed by atoms with van der Waals surface area (Å²) in [5.74, 6) is 0.0846. The Labute approximate surface area is 127 Å². The first-order valence-electron chi connectivity index (χ1n) is 7.91. The van der Waals surface area contributed by atoms with E-state index in [2.05, 4.69) is 46.5 Å². The van der Waals surface area contributed by atoms with Gasteiger partial charge in [-0.25, -0.2) is 0 Å². The summed E-state index contributed by atoms with van der Waals surface area (Å²) in [6.45, 7) is 8.80. The first-order valence-corrected chi connectivity index (χ1v) is 7.91. The molecule has 2 rings (SSSR count). The van der Waals surface area contributed by atoms with Gasteiger partial charge in [0.15, 0.2) is 0 Å². The van der Waals surface area contributed by atoms with E-state index >= 15 is 0 Å². The number of amides is 1. The highest BCUT2D eigenvalue weighted by Crippen LogP contribution is 2.21. The van der Waals surface area contributed by atoms with E-state index in [4.69, 9.17) is 0 Å². The molecular formula is C16H26N4O. The minimum atomic E-state index is -0.133. The van der Waals surface area contributed by atoms with E-state index in [0.29, 0.717) is 12.6 Å². The molecule has 1 aromatic rings. The molecule has 0 aromatic carbocycles. The van der Waals surface area contributed by atoms with E-state index < -0.39 is 0 Å². The predicted molar refractivity (Wildman–Crippen MR) is 85.4 cm³/mol. The van der Waals surface area contributed by atoms with Crippen molar-refractivity contribution in [1.82, 2.24) is 15.6 Å². The summed E-state index contributed by atoms with van der Waals surface area (Å²) < 4.78 is 0. The van der Waals surface area contributed by atoms with Crippen LogP contribution in [0.2, 0.25) is 0 Å². The molecule has 1 fully saturated rings. The van der Waals surface area contributed by atoms with Crippen molar-refractivity contribution in [3.8, 4) is 0 Å². The fourth-order valence-electron chi connectivity index (χ4n) is 2.69. The maximum Gasteiger partial charge on any atom is 0.242 e. The summed E-state index contributed by atoms with van der Waals surface area (Å²) in [4.78, 5) is 18.4. The largest absolute Gasteiger partial charge is 0.357 e. The number of nitrogens with one attached hydrogen (secondary N) is 2. The van der Waals surface area contributed by atoms with Crippen LogP contribution in [0.3, 0.4) is 0 Å². The van der Waals surface area contributed by atoms with Gasteiger partial charge < -0.3 is 15.5 Å². The molecule has 21 heavy (non-hydrogen) atoms. The van der Waals surface area contributed by atoms with E-state index in [9.17, 15) is 4.79 Å². The lowest BCUT2D eigenvalue weighted by Gasteiger charge is -2.34. The van der Waals surface area contributed by atoms with Gasteiger partial charge in [0, 0.05) is 19.1 Å². The molecule has 1 amide bonds. The summed E-state index contributed by atoms with van der Waals surface area (Å²) >= 11 is 0. The maximum absolute atomic E-state index is 11.7. The third-order valence-electron chi connectivity index (χ3n) is 4.01. The fourth-order valence-corrected chi connectivity index (χ4v) is 2.69. The van der Waals surface area contributed by atoms with Crippen molar-refractivity contribution in [2.45, 2.75) is 45.7 Å². The Morgan fingerprint density at radius 3 is 2.90 bits per heavy atom. The van der Waals surface area contributed by atoms with Gasteiger partial charge in [0.2, 0.25) is 5.91 Å². The topological polar surface area (TPSA) is 57.3 Å². The smallest absolute Gasteiger partial charge is 0.242 e. The zero-order valence-corrected chi connectivity index (χ0v) is 13.2. The Hall–Kier alpha value is -1.62. The third-order valence-corrected chi connectivity index (χ3v) is 4.01. The highest BCUT2D eigenvalue weighted by atomic mass is 16.2. The summed E-state index contributed by atoms with van der Waals surface area (Å²) in [7, 11) is 0. The maximum atomic E-state index is 11.7. The number of pyridine rings is 1. The molecule has 0 spiro atoms. The van der Waals surface area contributed by atoms with Gasteiger partial charge >= 0.3 is 0 Å². The van der Waals surface area contributed by atoms with Crippen LogP contribution in [0.4, 0.5) is 5.69 Å². The van der Waals surface area contributed by atoms with Crippen molar-refractivity contribution in [1.29, 1.82) is 0 Å². The Morgan fingerprint density at radius 2 is 2.29 bits per heavy atom. The highest BCUT2D eigenvalue weighted by Gasteiger charge is 2.25. The van der Waals surface area contributed by atoms with Crippen LogP contribution in [0, 0.1) is 0 Å². The average molecular weight is 290 g/mol. The second kappa shape index (κ2) is 7.41. The number of hydrogen-bond acceptors (Lipinski definition) is 4. The van der Waals surface area contributed by atoms with Gasteiger partial charge in [0.1, 0.15) is 6.04 Å². The first kappa shape index (κ1) is 15.8. The van der Waals surface area contributed by atoms with Gasteiger partial charge in [-0.3, -0.25) is 9.78 Å². The molecule has 5 nitrogen and oxygen atoms in total. The molecule has 1 aliphatic heterocycles. The van der Waals surface area contributed by atoms with Gasteiger partial charge in [-0.1, -0.05) is 13.8 Å². The van der Waals surface area contributed by atoms with Crippen LogP contribution < -0.4 is 15.5 Å². The van der Waals surface area contributed by atoms with Crippen molar-refractivity contribution < 1.29 is 4.79 Å². The molecule has 116 valence electrons. The molecule has 2 heterocycles. The van der Waals surface area contributed by atoms with Crippen molar-refractivity contribution in [3.63, 3.8) is 0 Å². The lowest BCUT2D eigenvalue weighted by Crippen LogP contribution is -2.54. The molecule has 2 atom stereocenters. The standard InChI is InChI=1S/C16H26N4O/c1-4-8-17-14(5-2)15-7-6-13(11-19-15)20-10-9-18-16(21)12(20)3/h6-7,11-12,14,17H,4-5,8-10H2,1-3H3,(H,18,21). The molecule has 0 saturated carbocycles. The lowest BCUT2D eigenvalue weighted by molar-refractivity contribution is -0.122. The molecule has 1 aromatic heterocycles. The normalized spacial score (nSPS) is 20.2. The summed E-state index contributed by atoms with van der Waals surface area (Å²) in [5, 5.41) is 6.39. The minimum absolute atomic E-state index is 0.0846. The van der Waals surface area contributed by atoms with Crippen LogP contribution in [0.15, 0.2) is 18.3 Å². The van der Waals surface area contributed by atoms with E-state index in [1.807, 2.05) is 13.1 Å². The SMILES string of the molecule is CCCNC(CC)c1ccc(N2CCNC(=O)C2C)cn1. The number of hydrogen-bond donors (Lipinski definition) is 2.